The first-order chi connectivity index (χ1) is 18.0. The Bertz CT molecular complexity index is 580. The molecule has 0 amide bonds. The van der Waals surface area contributed by atoms with Gasteiger partial charge in [0.2, 0.25) is 10.4 Å². The van der Waals surface area contributed by atoms with Crippen molar-refractivity contribution in [3.63, 3.8) is 0 Å². The Balaban J connectivity index is 0. The van der Waals surface area contributed by atoms with Gasteiger partial charge < -0.3 is 4.55 Å². The molecular formula is C32H63NaO4S. The molecule has 222 valence electrons. The Labute approximate surface area is 261 Å². The molecule has 0 saturated heterocycles. The minimum atomic E-state index is -4.62. The van der Waals surface area contributed by atoms with Gasteiger partial charge in [-0.3, -0.25) is 4.18 Å². The van der Waals surface area contributed by atoms with Crippen molar-refractivity contribution in [1.82, 2.24) is 0 Å². The second kappa shape index (κ2) is 32.1. The Morgan fingerprint density at radius 2 is 0.921 bits per heavy atom. The van der Waals surface area contributed by atoms with E-state index in [0.29, 0.717) is 0 Å². The predicted octanol–water partition coefficient (Wildman–Crippen LogP) is 7.82. The molecule has 0 aliphatic carbocycles. The molecule has 38 heavy (non-hydrogen) atoms. The van der Waals surface area contributed by atoms with Crippen LogP contribution in [0, 0.1) is 5.92 Å². The summed E-state index contributed by atoms with van der Waals surface area (Å²) in [7, 11) is -4.62. The van der Waals surface area contributed by atoms with Crippen molar-refractivity contribution in [3.8, 4) is 0 Å². The van der Waals surface area contributed by atoms with Crippen LogP contribution in [0.25, 0.3) is 0 Å². The Morgan fingerprint density at radius 1 is 0.579 bits per heavy atom. The van der Waals surface area contributed by atoms with Crippen LogP contribution < -0.4 is 29.6 Å². The van der Waals surface area contributed by atoms with Crippen molar-refractivity contribution < 1.29 is 46.7 Å². The average molecular weight is 567 g/mol. The van der Waals surface area contributed by atoms with Crippen molar-refractivity contribution in [3.05, 3.63) is 12.2 Å². The molecule has 4 nitrogen and oxygen atoms in total. The van der Waals surface area contributed by atoms with E-state index in [0.717, 1.165) is 19.3 Å². The summed E-state index contributed by atoms with van der Waals surface area (Å²) in [5, 5.41) is 0. The predicted molar refractivity (Wildman–Crippen MR) is 160 cm³/mol. The van der Waals surface area contributed by atoms with Crippen molar-refractivity contribution >= 4 is 10.4 Å². The molecule has 0 aromatic heterocycles. The van der Waals surface area contributed by atoms with Gasteiger partial charge in [0, 0.05) is 5.92 Å². The molecule has 0 N–H and O–H groups in total. The third kappa shape index (κ3) is 34.6. The van der Waals surface area contributed by atoms with E-state index >= 15 is 0 Å². The van der Waals surface area contributed by atoms with Crippen LogP contribution in [0.15, 0.2) is 12.2 Å². The van der Waals surface area contributed by atoms with Gasteiger partial charge in [0.25, 0.3) is 0 Å². The fourth-order valence-corrected chi connectivity index (χ4v) is 5.39. The molecule has 1 unspecified atom stereocenters. The van der Waals surface area contributed by atoms with Crippen LogP contribution in [-0.2, 0) is 14.6 Å². The van der Waals surface area contributed by atoms with Gasteiger partial charge in [-0.25, -0.2) is 8.42 Å². The molecule has 0 rings (SSSR count). The Morgan fingerprint density at radius 3 is 1.29 bits per heavy atom. The first kappa shape index (κ1) is 40.7. The van der Waals surface area contributed by atoms with Gasteiger partial charge in [-0.15, -0.1) is 0 Å². The quantitative estimate of drug-likeness (QED) is 0.0292. The number of hydrogen-bond acceptors (Lipinski definition) is 4. The van der Waals surface area contributed by atoms with Gasteiger partial charge in [-0.05, 0) is 19.3 Å². The van der Waals surface area contributed by atoms with Crippen molar-refractivity contribution in [2.24, 2.45) is 5.92 Å². The summed E-state index contributed by atoms with van der Waals surface area (Å²) >= 11 is 0. The van der Waals surface area contributed by atoms with Crippen molar-refractivity contribution in [2.75, 3.05) is 6.61 Å². The first-order valence-corrected chi connectivity index (χ1v) is 17.6. The van der Waals surface area contributed by atoms with E-state index in [1.54, 1.807) is 0 Å². The maximum Gasteiger partial charge on any atom is 1.00 e. The molecule has 0 aromatic carbocycles. The van der Waals surface area contributed by atoms with Crippen LogP contribution in [-0.4, -0.2) is 19.6 Å². The number of allylic oxidation sites excluding steroid dienone is 1. The zero-order valence-corrected chi connectivity index (χ0v) is 28.7. The molecule has 0 aliphatic heterocycles. The topological polar surface area (TPSA) is 66.4 Å². The van der Waals surface area contributed by atoms with Gasteiger partial charge >= 0.3 is 29.6 Å². The molecule has 0 fully saturated rings. The zero-order valence-electron chi connectivity index (χ0n) is 25.9. The van der Waals surface area contributed by atoms with E-state index in [4.69, 9.17) is 0 Å². The minimum absolute atomic E-state index is 0. The van der Waals surface area contributed by atoms with Gasteiger partial charge in [-0.1, -0.05) is 174 Å². The van der Waals surface area contributed by atoms with Crippen molar-refractivity contribution in [1.29, 1.82) is 0 Å². The second-order valence-corrected chi connectivity index (χ2v) is 12.3. The van der Waals surface area contributed by atoms with Crippen LogP contribution >= 0.6 is 0 Å². The van der Waals surface area contributed by atoms with Gasteiger partial charge in [0.1, 0.15) is 0 Å². The summed E-state index contributed by atoms with van der Waals surface area (Å²) in [6.07, 6.45) is 38.0. The monoisotopic (exact) mass is 566 g/mol. The first-order valence-electron chi connectivity index (χ1n) is 16.3. The molecule has 0 spiro atoms. The normalized spacial score (nSPS) is 12.7. The van der Waals surface area contributed by atoms with E-state index in [-0.39, 0.29) is 42.1 Å². The Hall–Kier alpha value is 0.610. The van der Waals surface area contributed by atoms with E-state index < -0.39 is 10.4 Å². The summed E-state index contributed by atoms with van der Waals surface area (Å²) in [5.74, 6) is 0.0177. The van der Waals surface area contributed by atoms with Crippen LogP contribution in [0.1, 0.15) is 181 Å². The fraction of sp³-hybridized carbons (Fsp3) is 0.938. The van der Waals surface area contributed by atoms with Crippen LogP contribution in [0.5, 0.6) is 0 Å². The summed E-state index contributed by atoms with van der Waals surface area (Å²) < 4.78 is 37.3. The molecule has 0 aromatic rings. The van der Waals surface area contributed by atoms with E-state index in [1.165, 1.54) is 148 Å². The van der Waals surface area contributed by atoms with E-state index in [2.05, 4.69) is 30.2 Å². The maximum atomic E-state index is 10.9. The average Bonchev–Trinajstić information content (AvgIpc) is 2.87. The summed E-state index contributed by atoms with van der Waals surface area (Å²) in [5.41, 5.74) is 0. The summed E-state index contributed by atoms with van der Waals surface area (Å²) in [4.78, 5) is 0. The molecule has 1 atom stereocenters. The molecule has 0 radical (unpaired) electrons. The summed E-state index contributed by atoms with van der Waals surface area (Å²) in [6, 6.07) is 0. The third-order valence-corrected chi connectivity index (χ3v) is 7.91. The summed E-state index contributed by atoms with van der Waals surface area (Å²) in [6.45, 7) is 4.52. The smallest absolute Gasteiger partial charge is 0.726 e. The number of hydrogen-bond donors (Lipinski definition) is 0. The van der Waals surface area contributed by atoms with Gasteiger partial charge in [0.15, 0.2) is 0 Å². The van der Waals surface area contributed by atoms with Crippen LogP contribution in [0.4, 0.5) is 0 Å². The standard InChI is InChI=1S/C32H64O4S.Na/c1-3-5-7-9-11-13-15-17-19-21-23-25-27-29-32(31-36-37(33,34)35)30-28-26-24-22-20-18-16-14-12-10-8-6-4-2;/h27,29,32H,3-26,28,30-31H2,1-2H3,(H,33,34,35);/q;+1/p-1/b29-27+;. The number of rotatable bonds is 30. The van der Waals surface area contributed by atoms with Crippen LogP contribution in [0.3, 0.4) is 0 Å². The number of unbranched alkanes of at least 4 members (excludes halogenated alkanes) is 23. The van der Waals surface area contributed by atoms with Crippen LogP contribution in [0.2, 0.25) is 0 Å². The van der Waals surface area contributed by atoms with Gasteiger partial charge in [-0.2, -0.15) is 0 Å². The zero-order chi connectivity index (χ0) is 27.3. The SMILES string of the molecule is CCCCCCCCCCCCC/C=C/C(CCCCCCCCCCCCCCC)COS(=O)(=O)[O-].[Na+]. The molecule has 0 saturated carbocycles. The second-order valence-electron chi connectivity index (χ2n) is 11.2. The van der Waals surface area contributed by atoms with Crippen molar-refractivity contribution in [2.45, 2.75) is 181 Å². The molecular weight excluding hydrogens is 503 g/mol. The third-order valence-electron chi connectivity index (χ3n) is 7.49. The maximum absolute atomic E-state index is 10.9. The fourth-order valence-electron chi connectivity index (χ4n) is 5.05. The molecule has 0 heterocycles. The molecule has 0 bridgehead atoms. The van der Waals surface area contributed by atoms with Gasteiger partial charge in [0.05, 0.1) is 6.61 Å². The van der Waals surface area contributed by atoms with E-state index in [9.17, 15) is 13.0 Å². The minimum Gasteiger partial charge on any atom is -0.726 e. The molecule has 6 heteroatoms. The largest absolute Gasteiger partial charge is 1.00 e. The molecule has 0 aliphatic rings. The Kier molecular flexibility index (Phi) is 34.5. The van der Waals surface area contributed by atoms with E-state index in [1.807, 2.05) is 0 Å².